The first kappa shape index (κ1) is 22.8. The largest absolute Gasteiger partial charge is 0.487 e. The van der Waals surface area contributed by atoms with Crippen LogP contribution in [0.2, 0.25) is 0 Å². The van der Waals surface area contributed by atoms with E-state index < -0.39 is 48.9 Å². The number of hydrogen-bond donors (Lipinski definition) is 0. The van der Waals surface area contributed by atoms with Gasteiger partial charge < -0.3 is 9.64 Å². The molecule has 0 aliphatic carbocycles. The molecule has 164 valence electrons. The highest BCUT2D eigenvalue weighted by atomic mass is 35.5. The summed E-state index contributed by atoms with van der Waals surface area (Å²) < 4.78 is 86.1. The van der Waals surface area contributed by atoms with E-state index >= 15 is 8.78 Å². The third-order valence-electron chi connectivity index (χ3n) is 4.43. The summed E-state index contributed by atoms with van der Waals surface area (Å²) in [5, 5.41) is 0.0287. The van der Waals surface area contributed by atoms with Gasteiger partial charge in [0.05, 0.1) is 28.5 Å². The van der Waals surface area contributed by atoms with Crippen LogP contribution in [0.1, 0.15) is 11.1 Å². The van der Waals surface area contributed by atoms with Crippen LogP contribution in [0.3, 0.4) is 0 Å². The summed E-state index contributed by atoms with van der Waals surface area (Å²) in [4.78, 5) is 0.941. The minimum atomic E-state index is -2.87. The van der Waals surface area contributed by atoms with Crippen LogP contribution in [-0.2, 0) is 0 Å². The lowest BCUT2D eigenvalue weighted by Crippen LogP contribution is -2.30. The second-order valence-electron chi connectivity index (χ2n) is 6.53. The maximum absolute atomic E-state index is 15.0. The van der Waals surface area contributed by atoms with Gasteiger partial charge in [0, 0.05) is 17.7 Å². The van der Waals surface area contributed by atoms with Gasteiger partial charge in [0.25, 0.3) is 12.9 Å². The van der Waals surface area contributed by atoms with Crippen molar-refractivity contribution in [1.82, 2.24) is 4.90 Å². The van der Waals surface area contributed by atoms with Gasteiger partial charge in [-0.25, -0.2) is 26.3 Å². The van der Waals surface area contributed by atoms with Gasteiger partial charge in [-0.2, -0.15) is 0 Å². The van der Waals surface area contributed by atoms with E-state index in [1.54, 1.807) is 30.3 Å². The van der Waals surface area contributed by atoms with Crippen molar-refractivity contribution in [3.05, 3.63) is 88.6 Å². The summed E-state index contributed by atoms with van der Waals surface area (Å²) in [7, 11) is 0. The molecule has 3 rings (SSSR count). The molecule has 1 aliphatic heterocycles. The predicted octanol–water partition coefficient (Wildman–Crippen LogP) is 6.69. The second kappa shape index (κ2) is 9.51. The van der Waals surface area contributed by atoms with Crippen LogP contribution >= 0.6 is 11.6 Å². The first-order valence-electron chi connectivity index (χ1n) is 9.01. The lowest BCUT2D eigenvalue weighted by atomic mass is 9.94. The Morgan fingerprint density at radius 1 is 0.968 bits per heavy atom. The van der Waals surface area contributed by atoms with Crippen LogP contribution in [-0.4, -0.2) is 30.9 Å². The molecule has 0 spiro atoms. The van der Waals surface area contributed by atoms with Gasteiger partial charge in [-0.3, -0.25) is 0 Å². The molecular formula is C22H16ClF6NO. The van der Waals surface area contributed by atoms with Gasteiger partial charge in [-0.05, 0) is 11.6 Å². The van der Waals surface area contributed by atoms with Gasteiger partial charge in [-0.15, -0.1) is 0 Å². The normalized spacial score (nSPS) is 14.5. The van der Waals surface area contributed by atoms with Crippen molar-refractivity contribution in [2.45, 2.75) is 12.9 Å². The zero-order valence-corrected chi connectivity index (χ0v) is 16.7. The Labute approximate surface area is 179 Å². The van der Waals surface area contributed by atoms with Gasteiger partial charge in [0.15, 0.2) is 0 Å². The molecule has 0 aromatic heterocycles. The zero-order valence-electron chi connectivity index (χ0n) is 15.9. The van der Waals surface area contributed by atoms with E-state index in [0.717, 1.165) is 17.0 Å². The minimum Gasteiger partial charge on any atom is -0.487 e. The van der Waals surface area contributed by atoms with Gasteiger partial charge in [0.1, 0.15) is 24.0 Å². The fourth-order valence-corrected chi connectivity index (χ4v) is 3.36. The Morgan fingerprint density at radius 3 is 2.13 bits per heavy atom. The number of halogens is 7. The van der Waals surface area contributed by atoms with Crippen molar-refractivity contribution >= 4 is 22.9 Å². The molecule has 0 saturated carbocycles. The summed E-state index contributed by atoms with van der Waals surface area (Å²) in [5.74, 6) is -2.80. The standard InChI is InChI=1S/C22H16ClF6NO/c1-12-16(23)9-15(13-5-3-2-4-6-13)22(30(12)10-19(26)27)21-17(24)7-14(8-18(21)25)31-11-20(28)29/h2-9,19-20H,1,10-11H2. The highest BCUT2D eigenvalue weighted by molar-refractivity contribution is 6.33. The third-order valence-corrected chi connectivity index (χ3v) is 4.76. The van der Waals surface area contributed by atoms with Gasteiger partial charge in [0.2, 0.25) is 0 Å². The van der Waals surface area contributed by atoms with E-state index in [1.807, 2.05) is 0 Å². The fraction of sp³-hybridized carbons (Fsp3) is 0.182. The summed E-state index contributed by atoms with van der Waals surface area (Å²) in [6.45, 7) is 1.69. The molecule has 1 heterocycles. The summed E-state index contributed by atoms with van der Waals surface area (Å²) in [6, 6.07) is 9.73. The summed E-state index contributed by atoms with van der Waals surface area (Å²) in [5.41, 5.74) is -0.243. The van der Waals surface area contributed by atoms with Gasteiger partial charge >= 0.3 is 0 Å². The van der Waals surface area contributed by atoms with Crippen LogP contribution in [0.15, 0.2) is 65.8 Å². The summed E-state index contributed by atoms with van der Waals surface area (Å²) >= 11 is 6.18. The van der Waals surface area contributed by atoms with Crippen molar-refractivity contribution in [2.75, 3.05) is 13.2 Å². The van der Waals surface area contributed by atoms with Crippen LogP contribution in [0, 0.1) is 11.6 Å². The molecular weight excluding hydrogens is 444 g/mol. The lowest BCUT2D eigenvalue weighted by molar-refractivity contribution is 0.0815. The molecule has 0 saturated heterocycles. The second-order valence-corrected chi connectivity index (χ2v) is 6.94. The Balaban J connectivity index is 2.24. The smallest absolute Gasteiger partial charge is 0.272 e. The predicted molar refractivity (Wildman–Crippen MR) is 107 cm³/mol. The molecule has 2 aromatic carbocycles. The van der Waals surface area contributed by atoms with Crippen LogP contribution in [0.25, 0.3) is 11.3 Å². The van der Waals surface area contributed by atoms with Gasteiger partial charge in [-0.1, -0.05) is 48.5 Å². The van der Waals surface area contributed by atoms with Crippen molar-refractivity contribution < 1.29 is 31.1 Å². The first-order chi connectivity index (χ1) is 14.7. The van der Waals surface area contributed by atoms with E-state index in [0.29, 0.717) is 5.56 Å². The molecule has 2 nitrogen and oxygen atoms in total. The third kappa shape index (κ3) is 5.07. The van der Waals surface area contributed by atoms with Crippen LogP contribution < -0.4 is 4.74 Å². The lowest BCUT2D eigenvalue weighted by Gasteiger charge is -2.34. The molecule has 0 fully saturated rings. The maximum Gasteiger partial charge on any atom is 0.272 e. The molecule has 9 heteroatoms. The molecule has 2 aromatic rings. The number of nitrogens with zero attached hydrogens (tertiary/aromatic N) is 1. The maximum atomic E-state index is 15.0. The Hall–Kier alpha value is -2.87. The number of rotatable bonds is 7. The highest BCUT2D eigenvalue weighted by Crippen LogP contribution is 2.42. The van der Waals surface area contributed by atoms with E-state index in [4.69, 9.17) is 11.6 Å². The topological polar surface area (TPSA) is 12.5 Å². The van der Waals surface area contributed by atoms with Crippen LogP contribution in [0.5, 0.6) is 5.75 Å². The number of alkyl halides is 4. The molecule has 0 amide bonds. The average molecular weight is 460 g/mol. The molecule has 0 bridgehead atoms. The van der Waals surface area contributed by atoms with E-state index in [-0.39, 0.29) is 22.0 Å². The molecule has 31 heavy (non-hydrogen) atoms. The monoisotopic (exact) mass is 459 g/mol. The molecule has 0 unspecified atom stereocenters. The number of benzene rings is 2. The van der Waals surface area contributed by atoms with E-state index in [2.05, 4.69) is 11.3 Å². The van der Waals surface area contributed by atoms with Crippen molar-refractivity contribution in [3.63, 3.8) is 0 Å². The number of ether oxygens (including phenoxy) is 1. The van der Waals surface area contributed by atoms with Crippen LogP contribution in [0.4, 0.5) is 26.3 Å². The molecule has 1 aliphatic rings. The zero-order chi connectivity index (χ0) is 22.7. The van der Waals surface area contributed by atoms with Crippen molar-refractivity contribution in [3.8, 4) is 5.75 Å². The minimum absolute atomic E-state index is 0.0287. The molecule has 0 N–H and O–H groups in total. The first-order valence-corrected chi connectivity index (χ1v) is 9.39. The van der Waals surface area contributed by atoms with Crippen molar-refractivity contribution in [1.29, 1.82) is 0 Å². The quantitative estimate of drug-likeness (QED) is 0.427. The number of allylic oxidation sites excluding steroid dienone is 3. The molecule has 0 radical (unpaired) electrons. The Morgan fingerprint density at radius 2 is 1.58 bits per heavy atom. The Kier molecular flexibility index (Phi) is 7.00. The highest BCUT2D eigenvalue weighted by Gasteiger charge is 2.31. The Bertz CT molecular complexity index is 1010. The van der Waals surface area contributed by atoms with E-state index in [9.17, 15) is 17.6 Å². The number of hydrogen-bond acceptors (Lipinski definition) is 2. The van der Waals surface area contributed by atoms with Crippen molar-refractivity contribution in [2.24, 2.45) is 0 Å². The fourth-order valence-electron chi connectivity index (χ4n) is 3.15. The van der Waals surface area contributed by atoms with E-state index in [1.165, 1.54) is 6.08 Å². The summed E-state index contributed by atoms with van der Waals surface area (Å²) in [6.07, 6.45) is -4.32. The SMILES string of the molecule is C=C1C(Cl)=CC(c2ccccc2)=C(c2c(F)cc(OCC(F)F)cc2F)N1CC(F)F. The molecule has 0 atom stereocenters. The average Bonchev–Trinajstić information content (AvgIpc) is 2.71.